The van der Waals surface area contributed by atoms with E-state index in [1.54, 1.807) is 27.0 Å². The number of amides is 2. The SMILES string of the molecule is CC(C)(C)OC(=O)N[C@@H](Cc1ccccc1)[C@@H](O)C[C@@H](CCc1cnc2ccccc2n1)C(=O)N[C@H]1c2ccccc2C[C@H]1O. The van der Waals surface area contributed by atoms with E-state index in [4.69, 9.17) is 9.72 Å². The number of carbonyl (C=O) groups is 2. The van der Waals surface area contributed by atoms with Crippen LogP contribution in [-0.2, 0) is 28.8 Å². The van der Waals surface area contributed by atoms with E-state index in [1.807, 2.05) is 78.9 Å². The lowest BCUT2D eigenvalue weighted by Crippen LogP contribution is -2.48. The Balaban J connectivity index is 1.37. The average Bonchev–Trinajstić information content (AvgIpc) is 3.32. The van der Waals surface area contributed by atoms with Gasteiger partial charge in [-0.15, -0.1) is 0 Å². The van der Waals surface area contributed by atoms with Crippen LogP contribution in [0.15, 0.2) is 85.1 Å². The van der Waals surface area contributed by atoms with Crippen molar-refractivity contribution in [3.8, 4) is 0 Å². The molecule has 5 atom stereocenters. The van der Waals surface area contributed by atoms with Gasteiger partial charge in [-0.1, -0.05) is 66.7 Å². The van der Waals surface area contributed by atoms with Crippen molar-refractivity contribution in [2.75, 3.05) is 0 Å². The molecule has 2 amide bonds. The number of hydrogen-bond acceptors (Lipinski definition) is 7. The summed E-state index contributed by atoms with van der Waals surface area (Å²) in [5.74, 6) is -0.925. The second-order valence-corrected chi connectivity index (χ2v) is 12.8. The van der Waals surface area contributed by atoms with Crippen molar-refractivity contribution >= 4 is 23.0 Å². The third kappa shape index (κ3) is 8.65. The molecule has 9 nitrogen and oxygen atoms in total. The van der Waals surface area contributed by atoms with Gasteiger partial charge in [0.15, 0.2) is 0 Å². The van der Waals surface area contributed by atoms with Crippen LogP contribution in [0.3, 0.4) is 0 Å². The lowest BCUT2D eigenvalue weighted by Gasteiger charge is -2.29. The normalized spacial score (nSPS) is 18.1. The zero-order chi connectivity index (χ0) is 32.0. The molecule has 0 spiro atoms. The Bertz CT molecular complexity index is 1610. The van der Waals surface area contributed by atoms with Gasteiger partial charge in [0.2, 0.25) is 5.91 Å². The standard InChI is InChI=1S/C36H42N4O5/c1-36(2,3)45-35(44)39-30(19-23-11-5-4-6-12-23)31(41)21-25(17-18-26-22-37-28-15-9-10-16-29(28)38-26)34(43)40-33-27-14-8-7-13-24(27)20-32(33)42/h4-16,22,25,30-33,41-42H,17-21H2,1-3H3,(H,39,44)(H,40,43)/t25-,30+,31+,32-,33+/m1/s1. The number of aliphatic hydroxyl groups is 2. The zero-order valence-corrected chi connectivity index (χ0v) is 26.0. The number of benzene rings is 3. The summed E-state index contributed by atoms with van der Waals surface area (Å²) >= 11 is 0. The number of aromatic nitrogens is 2. The first-order valence-electron chi connectivity index (χ1n) is 15.5. The van der Waals surface area contributed by atoms with E-state index in [1.165, 1.54) is 0 Å². The number of para-hydroxylation sites is 2. The van der Waals surface area contributed by atoms with Crippen LogP contribution in [-0.4, -0.2) is 56.0 Å². The van der Waals surface area contributed by atoms with Crippen molar-refractivity contribution in [2.24, 2.45) is 5.92 Å². The molecular formula is C36H42N4O5. The number of aliphatic hydroxyl groups excluding tert-OH is 2. The third-order valence-corrected chi connectivity index (χ3v) is 8.11. The summed E-state index contributed by atoms with van der Waals surface area (Å²) in [6.07, 6.45) is 0.971. The molecule has 0 fully saturated rings. The molecule has 3 aromatic carbocycles. The van der Waals surface area contributed by atoms with E-state index < -0.39 is 41.9 Å². The van der Waals surface area contributed by atoms with Gasteiger partial charge in [-0.2, -0.15) is 0 Å². The summed E-state index contributed by atoms with van der Waals surface area (Å²) in [7, 11) is 0. The fourth-order valence-corrected chi connectivity index (χ4v) is 5.88. The molecule has 4 N–H and O–H groups in total. The van der Waals surface area contributed by atoms with Gasteiger partial charge in [0.1, 0.15) is 5.60 Å². The summed E-state index contributed by atoms with van der Waals surface area (Å²) in [6, 6.07) is 23.6. The number of ether oxygens (including phenoxy) is 1. The molecule has 45 heavy (non-hydrogen) atoms. The lowest BCUT2D eigenvalue weighted by molar-refractivity contribution is -0.128. The third-order valence-electron chi connectivity index (χ3n) is 8.11. The van der Waals surface area contributed by atoms with Crippen molar-refractivity contribution in [2.45, 2.75) is 82.8 Å². The number of nitrogens with zero attached hydrogens (tertiary/aromatic N) is 2. The monoisotopic (exact) mass is 610 g/mol. The first-order chi connectivity index (χ1) is 21.6. The molecule has 9 heteroatoms. The topological polar surface area (TPSA) is 134 Å². The lowest BCUT2D eigenvalue weighted by atomic mass is 9.89. The highest BCUT2D eigenvalue weighted by Crippen LogP contribution is 2.32. The van der Waals surface area contributed by atoms with Gasteiger partial charge in [-0.05, 0) is 75.3 Å². The van der Waals surface area contributed by atoms with Crippen LogP contribution in [0.25, 0.3) is 11.0 Å². The maximum Gasteiger partial charge on any atom is 0.407 e. The van der Waals surface area contributed by atoms with Gasteiger partial charge in [-0.25, -0.2) is 9.78 Å². The maximum absolute atomic E-state index is 13.9. The van der Waals surface area contributed by atoms with Gasteiger partial charge in [-0.3, -0.25) is 9.78 Å². The zero-order valence-electron chi connectivity index (χ0n) is 26.0. The minimum atomic E-state index is -1.07. The molecule has 0 saturated heterocycles. The van der Waals surface area contributed by atoms with Gasteiger partial charge in [0.05, 0.1) is 41.0 Å². The predicted molar refractivity (Wildman–Crippen MR) is 172 cm³/mol. The molecule has 0 bridgehead atoms. The Hall–Kier alpha value is -4.34. The van der Waals surface area contributed by atoms with Crippen LogP contribution >= 0.6 is 0 Å². The summed E-state index contributed by atoms with van der Waals surface area (Å²) in [5, 5.41) is 28.4. The molecule has 1 heterocycles. The average molecular weight is 611 g/mol. The Kier molecular flexibility index (Phi) is 10.1. The molecule has 236 valence electrons. The van der Waals surface area contributed by atoms with E-state index in [2.05, 4.69) is 15.6 Å². The summed E-state index contributed by atoms with van der Waals surface area (Å²) in [5.41, 5.74) is 4.40. The second-order valence-electron chi connectivity index (χ2n) is 12.8. The number of carbonyl (C=O) groups excluding carboxylic acids is 2. The van der Waals surface area contributed by atoms with Gasteiger partial charge in [0, 0.05) is 18.5 Å². The second kappa shape index (κ2) is 14.2. The van der Waals surface area contributed by atoms with E-state index in [9.17, 15) is 19.8 Å². The molecule has 0 aliphatic heterocycles. The molecule has 0 radical (unpaired) electrons. The van der Waals surface area contributed by atoms with Gasteiger partial charge >= 0.3 is 6.09 Å². The molecule has 4 aromatic rings. The van der Waals surface area contributed by atoms with Gasteiger partial charge < -0.3 is 25.6 Å². The number of fused-ring (bicyclic) bond motifs is 2. The van der Waals surface area contributed by atoms with Crippen LogP contribution in [0, 0.1) is 5.92 Å². The first-order valence-corrected chi connectivity index (χ1v) is 15.5. The number of alkyl carbamates (subject to hydrolysis) is 1. The Morgan fingerprint density at radius 2 is 1.67 bits per heavy atom. The van der Waals surface area contributed by atoms with E-state index in [0.717, 1.165) is 33.4 Å². The Morgan fingerprint density at radius 1 is 0.978 bits per heavy atom. The highest BCUT2D eigenvalue weighted by Gasteiger charge is 2.35. The maximum atomic E-state index is 13.9. The van der Waals surface area contributed by atoms with Crippen LogP contribution in [0.5, 0.6) is 0 Å². The van der Waals surface area contributed by atoms with Crippen molar-refractivity contribution in [3.63, 3.8) is 0 Å². The highest BCUT2D eigenvalue weighted by atomic mass is 16.6. The van der Waals surface area contributed by atoms with Crippen molar-refractivity contribution in [1.82, 2.24) is 20.6 Å². The Labute approximate surface area is 264 Å². The minimum Gasteiger partial charge on any atom is -0.444 e. The first kappa shape index (κ1) is 32.1. The smallest absolute Gasteiger partial charge is 0.407 e. The fourth-order valence-electron chi connectivity index (χ4n) is 5.88. The molecular weight excluding hydrogens is 568 g/mol. The molecule has 1 aromatic heterocycles. The van der Waals surface area contributed by atoms with Crippen LogP contribution in [0.1, 0.15) is 62.0 Å². The quantitative estimate of drug-likeness (QED) is 0.191. The van der Waals surface area contributed by atoms with Crippen molar-refractivity contribution in [1.29, 1.82) is 0 Å². The highest BCUT2D eigenvalue weighted by molar-refractivity contribution is 5.79. The largest absolute Gasteiger partial charge is 0.444 e. The number of aryl methyl sites for hydroxylation is 1. The van der Waals surface area contributed by atoms with Crippen LogP contribution in [0.2, 0.25) is 0 Å². The predicted octanol–water partition coefficient (Wildman–Crippen LogP) is 4.84. The summed E-state index contributed by atoms with van der Waals surface area (Å²) in [6.45, 7) is 5.34. The number of rotatable bonds is 11. The van der Waals surface area contributed by atoms with Crippen molar-refractivity contribution in [3.05, 3.63) is 107 Å². The minimum absolute atomic E-state index is 0.0740. The summed E-state index contributed by atoms with van der Waals surface area (Å²) in [4.78, 5) is 36.0. The van der Waals surface area contributed by atoms with E-state index in [-0.39, 0.29) is 12.3 Å². The van der Waals surface area contributed by atoms with Gasteiger partial charge in [0.25, 0.3) is 0 Å². The number of nitrogens with one attached hydrogen (secondary N) is 2. The Morgan fingerprint density at radius 3 is 2.42 bits per heavy atom. The molecule has 0 saturated carbocycles. The van der Waals surface area contributed by atoms with Crippen molar-refractivity contribution < 1.29 is 24.5 Å². The van der Waals surface area contributed by atoms with E-state index in [0.29, 0.717) is 25.7 Å². The molecule has 0 unspecified atom stereocenters. The van der Waals surface area contributed by atoms with Crippen LogP contribution < -0.4 is 10.6 Å². The number of hydrogen-bond donors (Lipinski definition) is 4. The van der Waals surface area contributed by atoms with E-state index >= 15 is 0 Å². The molecule has 1 aliphatic carbocycles. The summed E-state index contributed by atoms with van der Waals surface area (Å²) < 4.78 is 5.50. The fraction of sp³-hybridized carbons (Fsp3) is 0.389. The molecule has 1 aliphatic rings. The van der Waals surface area contributed by atoms with Crippen LogP contribution in [0.4, 0.5) is 4.79 Å². The molecule has 5 rings (SSSR count).